The van der Waals surface area contributed by atoms with E-state index in [9.17, 15) is 14.7 Å². The van der Waals surface area contributed by atoms with E-state index in [1.54, 1.807) is 14.1 Å². The SMILES string of the molecule is CN(C)C(=O)C[C@H]1CC[C@@H](O)[C@H](NC(=O)O)C1. The van der Waals surface area contributed by atoms with Crippen LogP contribution in [0, 0.1) is 5.92 Å². The molecule has 0 aromatic heterocycles. The summed E-state index contributed by atoms with van der Waals surface area (Å²) >= 11 is 0. The van der Waals surface area contributed by atoms with Gasteiger partial charge in [0.2, 0.25) is 5.91 Å². The summed E-state index contributed by atoms with van der Waals surface area (Å²) in [7, 11) is 3.40. The van der Waals surface area contributed by atoms with E-state index in [0.717, 1.165) is 6.42 Å². The Morgan fingerprint density at radius 2 is 2.00 bits per heavy atom. The second-order valence-corrected chi connectivity index (χ2v) is 4.79. The fourth-order valence-corrected chi connectivity index (χ4v) is 2.17. The molecule has 6 nitrogen and oxygen atoms in total. The first-order chi connectivity index (χ1) is 7.90. The molecule has 6 heteroatoms. The van der Waals surface area contributed by atoms with Crippen LogP contribution in [0.3, 0.4) is 0 Å². The zero-order chi connectivity index (χ0) is 13.0. The Labute approximate surface area is 101 Å². The van der Waals surface area contributed by atoms with Crippen molar-refractivity contribution in [2.75, 3.05) is 14.1 Å². The summed E-state index contributed by atoms with van der Waals surface area (Å²) in [4.78, 5) is 23.6. The number of carbonyl (C=O) groups is 2. The van der Waals surface area contributed by atoms with Gasteiger partial charge >= 0.3 is 6.09 Å². The molecule has 1 rings (SSSR count). The lowest BCUT2D eigenvalue weighted by molar-refractivity contribution is -0.130. The van der Waals surface area contributed by atoms with Gasteiger partial charge in [0, 0.05) is 20.5 Å². The number of aliphatic hydroxyl groups excluding tert-OH is 1. The van der Waals surface area contributed by atoms with Crippen LogP contribution in [0.5, 0.6) is 0 Å². The fraction of sp³-hybridized carbons (Fsp3) is 0.818. The van der Waals surface area contributed by atoms with Crippen molar-refractivity contribution in [1.29, 1.82) is 0 Å². The van der Waals surface area contributed by atoms with Gasteiger partial charge in [-0.05, 0) is 25.2 Å². The highest BCUT2D eigenvalue weighted by molar-refractivity contribution is 5.75. The van der Waals surface area contributed by atoms with Crippen molar-refractivity contribution in [3.8, 4) is 0 Å². The Morgan fingerprint density at radius 1 is 1.35 bits per heavy atom. The first-order valence-corrected chi connectivity index (χ1v) is 5.77. The molecule has 0 bridgehead atoms. The Kier molecular flexibility index (Phi) is 4.74. The van der Waals surface area contributed by atoms with Crippen molar-refractivity contribution in [3.05, 3.63) is 0 Å². The Morgan fingerprint density at radius 3 is 2.53 bits per heavy atom. The smallest absolute Gasteiger partial charge is 0.404 e. The van der Waals surface area contributed by atoms with Gasteiger partial charge in [-0.25, -0.2) is 4.79 Å². The standard InChI is InChI=1S/C11H20N2O4/c1-13(2)10(15)6-7-3-4-9(14)8(5-7)12-11(16)17/h7-9,12,14H,3-6H2,1-2H3,(H,16,17)/t7-,8+,9+/m0/s1. The summed E-state index contributed by atoms with van der Waals surface area (Å²) in [5, 5.41) is 20.6. The van der Waals surface area contributed by atoms with Gasteiger partial charge in [0.05, 0.1) is 12.1 Å². The van der Waals surface area contributed by atoms with Gasteiger partial charge in [0.25, 0.3) is 0 Å². The van der Waals surface area contributed by atoms with Crippen molar-refractivity contribution >= 4 is 12.0 Å². The van der Waals surface area contributed by atoms with Crippen LogP contribution in [0.25, 0.3) is 0 Å². The molecule has 1 saturated carbocycles. The highest BCUT2D eigenvalue weighted by Crippen LogP contribution is 2.27. The Balaban J connectivity index is 2.49. The zero-order valence-corrected chi connectivity index (χ0v) is 10.2. The third kappa shape index (κ3) is 4.22. The van der Waals surface area contributed by atoms with Gasteiger partial charge in [-0.3, -0.25) is 4.79 Å². The highest BCUT2D eigenvalue weighted by atomic mass is 16.4. The molecule has 0 heterocycles. The molecule has 1 aliphatic carbocycles. The molecule has 1 fully saturated rings. The summed E-state index contributed by atoms with van der Waals surface area (Å²) in [6, 6.07) is -0.457. The Bertz CT molecular complexity index is 293. The number of rotatable bonds is 3. The van der Waals surface area contributed by atoms with E-state index in [0.29, 0.717) is 19.3 Å². The van der Waals surface area contributed by atoms with Crippen molar-refractivity contribution in [1.82, 2.24) is 10.2 Å². The second kappa shape index (κ2) is 5.86. The van der Waals surface area contributed by atoms with Crippen molar-refractivity contribution in [2.45, 2.75) is 37.8 Å². The molecule has 1 aliphatic rings. The van der Waals surface area contributed by atoms with Crippen LogP contribution in [0.2, 0.25) is 0 Å². The largest absolute Gasteiger partial charge is 0.465 e. The van der Waals surface area contributed by atoms with Crippen LogP contribution in [-0.2, 0) is 4.79 Å². The van der Waals surface area contributed by atoms with E-state index < -0.39 is 18.2 Å². The van der Waals surface area contributed by atoms with Gasteiger partial charge < -0.3 is 20.4 Å². The maximum absolute atomic E-state index is 11.5. The highest BCUT2D eigenvalue weighted by Gasteiger charge is 2.31. The number of nitrogens with zero attached hydrogens (tertiary/aromatic N) is 1. The number of carbonyl (C=O) groups excluding carboxylic acids is 1. The molecule has 3 atom stereocenters. The van der Waals surface area contributed by atoms with E-state index in [1.165, 1.54) is 4.90 Å². The zero-order valence-electron chi connectivity index (χ0n) is 10.2. The molecular weight excluding hydrogens is 224 g/mol. The quantitative estimate of drug-likeness (QED) is 0.664. The molecule has 2 amide bonds. The minimum atomic E-state index is -1.13. The lowest BCUT2D eigenvalue weighted by atomic mass is 9.82. The molecule has 3 N–H and O–H groups in total. The molecule has 0 radical (unpaired) electrons. The average Bonchev–Trinajstić information content (AvgIpc) is 2.22. The predicted octanol–water partition coefficient (Wildman–Crippen LogP) is 0.262. The maximum atomic E-state index is 11.5. The molecule has 17 heavy (non-hydrogen) atoms. The van der Waals surface area contributed by atoms with E-state index >= 15 is 0 Å². The first kappa shape index (κ1) is 13.8. The fourth-order valence-electron chi connectivity index (χ4n) is 2.17. The van der Waals surface area contributed by atoms with Gasteiger partial charge in [-0.2, -0.15) is 0 Å². The maximum Gasteiger partial charge on any atom is 0.404 e. The first-order valence-electron chi connectivity index (χ1n) is 5.77. The van der Waals surface area contributed by atoms with E-state index in [4.69, 9.17) is 5.11 Å². The van der Waals surface area contributed by atoms with Gasteiger partial charge in [-0.1, -0.05) is 0 Å². The number of nitrogens with one attached hydrogen (secondary N) is 1. The van der Waals surface area contributed by atoms with Gasteiger partial charge in [0.15, 0.2) is 0 Å². The molecule has 0 aliphatic heterocycles. The summed E-state index contributed by atoms with van der Waals surface area (Å²) in [6.45, 7) is 0. The number of hydrogen-bond donors (Lipinski definition) is 3. The van der Waals surface area contributed by atoms with Crippen LogP contribution < -0.4 is 5.32 Å². The third-order valence-electron chi connectivity index (χ3n) is 3.19. The Hall–Kier alpha value is -1.30. The minimum Gasteiger partial charge on any atom is -0.465 e. The van der Waals surface area contributed by atoms with Crippen LogP contribution in [-0.4, -0.2) is 53.4 Å². The summed E-state index contributed by atoms with van der Waals surface area (Å²) < 4.78 is 0. The van der Waals surface area contributed by atoms with Crippen molar-refractivity contribution < 1.29 is 19.8 Å². The normalized spacial score (nSPS) is 28.5. The monoisotopic (exact) mass is 244 g/mol. The number of hydrogen-bond acceptors (Lipinski definition) is 3. The number of aliphatic hydroxyl groups is 1. The predicted molar refractivity (Wildman–Crippen MR) is 61.6 cm³/mol. The van der Waals surface area contributed by atoms with Crippen molar-refractivity contribution in [2.24, 2.45) is 5.92 Å². The van der Waals surface area contributed by atoms with E-state index in [-0.39, 0.29) is 11.8 Å². The summed E-state index contributed by atoms with van der Waals surface area (Å²) in [5.41, 5.74) is 0. The molecule has 0 saturated heterocycles. The number of carboxylic acid groups (broad SMARTS) is 1. The lowest BCUT2D eigenvalue weighted by Crippen LogP contribution is -2.47. The summed E-state index contributed by atoms with van der Waals surface area (Å²) in [6.07, 6.45) is 0.463. The molecule has 0 aromatic carbocycles. The van der Waals surface area contributed by atoms with E-state index in [2.05, 4.69) is 5.32 Å². The molecular formula is C11H20N2O4. The average molecular weight is 244 g/mol. The van der Waals surface area contributed by atoms with Crippen molar-refractivity contribution in [3.63, 3.8) is 0 Å². The van der Waals surface area contributed by atoms with E-state index in [1.807, 2.05) is 0 Å². The molecule has 0 unspecified atom stereocenters. The molecule has 0 spiro atoms. The molecule has 0 aromatic rings. The third-order valence-corrected chi connectivity index (χ3v) is 3.19. The molecule has 98 valence electrons. The van der Waals surface area contributed by atoms with Crippen LogP contribution >= 0.6 is 0 Å². The number of amides is 2. The van der Waals surface area contributed by atoms with Crippen LogP contribution in [0.1, 0.15) is 25.7 Å². The minimum absolute atomic E-state index is 0.0421. The van der Waals surface area contributed by atoms with Gasteiger partial charge in [-0.15, -0.1) is 0 Å². The van der Waals surface area contributed by atoms with Gasteiger partial charge in [0.1, 0.15) is 0 Å². The van der Waals surface area contributed by atoms with Crippen LogP contribution in [0.15, 0.2) is 0 Å². The topological polar surface area (TPSA) is 89.9 Å². The lowest BCUT2D eigenvalue weighted by Gasteiger charge is -2.33. The summed E-state index contributed by atoms with van der Waals surface area (Å²) in [5.74, 6) is 0.186. The van der Waals surface area contributed by atoms with Crippen LogP contribution in [0.4, 0.5) is 4.79 Å². The second-order valence-electron chi connectivity index (χ2n) is 4.79.